The summed E-state index contributed by atoms with van der Waals surface area (Å²) in [7, 11) is 0. The predicted molar refractivity (Wildman–Crippen MR) is 190 cm³/mol. The SMILES string of the molecule is c1ccc(N(c2ccc(-c3cc4ccc5ccccc5c4c4ccccc34)cc2)c2cccc3c2sc2ccncc23)cc1. The average Bonchev–Trinajstić information content (AvgIpc) is 3.48. The largest absolute Gasteiger partial charge is 0.309 e. The smallest absolute Gasteiger partial charge is 0.0640 e. The van der Waals surface area contributed by atoms with Gasteiger partial charge in [0.15, 0.2) is 0 Å². The third-order valence-corrected chi connectivity index (χ3v) is 9.93. The van der Waals surface area contributed by atoms with Crippen LogP contribution in [0.25, 0.3) is 63.6 Å². The third kappa shape index (κ3) is 3.90. The molecule has 0 bridgehead atoms. The minimum absolute atomic E-state index is 1.12. The molecule has 3 heteroatoms. The van der Waals surface area contributed by atoms with E-state index in [-0.39, 0.29) is 0 Å². The van der Waals surface area contributed by atoms with Crippen LogP contribution in [0.2, 0.25) is 0 Å². The Kier molecular flexibility index (Phi) is 5.71. The van der Waals surface area contributed by atoms with Crippen LogP contribution in [0.5, 0.6) is 0 Å². The van der Waals surface area contributed by atoms with Gasteiger partial charge in [-0.25, -0.2) is 0 Å². The van der Waals surface area contributed by atoms with Gasteiger partial charge in [0.05, 0.1) is 10.4 Å². The standard InChI is InChI=1S/C41H26N2S/c1-2-10-30(11-3-1)43(38-16-8-15-35-37-26-42-24-23-39(37)44-41(35)38)31-21-19-28(20-22-31)36-25-29-18-17-27-9-4-5-12-32(27)40(29)34-14-7-6-13-33(34)36/h1-26H. The van der Waals surface area contributed by atoms with Gasteiger partial charge in [-0.15, -0.1) is 11.3 Å². The molecule has 9 aromatic rings. The van der Waals surface area contributed by atoms with Gasteiger partial charge in [0.25, 0.3) is 0 Å². The molecule has 2 heterocycles. The number of hydrogen-bond donors (Lipinski definition) is 0. The maximum atomic E-state index is 4.41. The van der Waals surface area contributed by atoms with E-state index in [2.05, 4.69) is 155 Å². The van der Waals surface area contributed by atoms with Gasteiger partial charge in [0, 0.05) is 39.2 Å². The fraction of sp³-hybridized carbons (Fsp3) is 0. The summed E-state index contributed by atoms with van der Waals surface area (Å²) in [4.78, 5) is 6.79. The Labute approximate surface area is 259 Å². The molecule has 0 N–H and O–H groups in total. The van der Waals surface area contributed by atoms with Crippen LogP contribution in [-0.4, -0.2) is 4.98 Å². The van der Waals surface area contributed by atoms with Gasteiger partial charge in [-0.1, -0.05) is 103 Å². The summed E-state index contributed by atoms with van der Waals surface area (Å²) in [5.74, 6) is 0. The topological polar surface area (TPSA) is 16.1 Å². The normalized spacial score (nSPS) is 11.6. The number of anilines is 3. The fourth-order valence-electron chi connectivity index (χ4n) is 6.71. The number of para-hydroxylation sites is 1. The molecule has 2 aromatic heterocycles. The van der Waals surface area contributed by atoms with Crippen LogP contribution in [0.1, 0.15) is 0 Å². The van der Waals surface area contributed by atoms with Gasteiger partial charge in [0.1, 0.15) is 0 Å². The van der Waals surface area contributed by atoms with E-state index in [9.17, 15) is 0 Å². The van der Waals surface area contributed by atoms with Crippen molar-refractivity contribution in [2.45, 2.75) is 0 Å². The Hall–Kier alpha value is -5.51. The number of rotatable bonds is 4. The predicted octanol–water partition coefficient (Wildman–Crippen LogP) is 12.0. The first-order valence-corrected chi connectivity index (χ1v) is 15.7. The molecule has 0 atom stereocenters. The number of hydrogen-bond acceptors (Lipinski definition) is 3. The van der Waals surface area contributed by atoms with E-state index >= 15 is 0 Å². The van der Waals surface area contributed by atoms with E-state index in [0.717, 1.165) is 11.4 Å². The zero-order valence-electron chi connectivity index (χ0n) is 23.8. The maximum absolute atomic E-state index is 4.41. The van der Waals surface area contributed by atoms with Crippen molar-refractivity contribution in [2.24, 2.45) is 0 Å². The summed E-state index contributed by atoms with van der Waals surface area (Å²) < 4.78 is 2.51. The van der Waals surface area contributed by atoms with Crippen molar-refractivity contribution in [3.05, 3.63) is 158 Å². The third-order valence-electron chi connectivity index (χ3n) is 8.72. The highest BCUT2D eigenvalue weighted by Crippen LogP contribution is 2.45. The summed E-state index contributed by atoms with van der Waals surface area (Å²) in [5.41, 5.74) is 5.88. The number of aromatic nitrogens is 1. The molecule has 206 valence electrons. The highest BCUT2D eigenvalue weighted by atomic mass is 32.1. The molecule has 0 saturated heterocycles. The highest BCUT2D eigenvalue weighted by Gasteiger charge is 2.18. The van der Waals surface area contributed by atoms with Gasteiger partial charge in [-0.05, 0) is 85.9 Å². The maximum Gasteiger partial charge on any atom is 0.0640 e. The molecule has 0 spiro atoms. The number of fused-ring (bicyclic) bond motifs is 8. The molecule has 0 amide bonds. The number of thiophene rings is 1. The molecule has 7 aromatic carbocycles. The van der Waals surface area contributed by atoms with Gasteiger partial charge in [-0.3, -0.25) is 4.98 Å². The summed E-state index contributed by atoms with van der Waals surface area (Å²) in [6.07, 6.45) is 3.86. The Morgan fingerprint density at radius 2 is 1.20 bits per heavy atom. The van der Waals surface area contributed by atoms with E-state index in [1.165, 1.54) is 69.3 Å². The van der Waals surface area contributed by atoms with E-state index in [0.29, 0.717) is 0 Å². The molecule has 0 aliphatic heterocycles. The Bertz CT molecular complexity index is 2490. The lowest BCUT2D eigenvalue weighted by Gasteiger charge is -2.26. The molecule has 0 aliphatic rings. The van der Waals surface area contributed by atoms with Crippen LogP contribution < -0.4 is 4.90 Å². The van der Waals surface area contributed by atoms with E-state index < -0.39 is 0 Å². The zero-order valence-corrected chi connectivity index (χ0v) is 24.6. The number of benzene rings is 7. The van der Waals surface area contributed by atoms with Crippen molar-refractivity contribution < 1.29 is 0 Å². The lowest BCUT2D eigenvalue weighted by atomic mass is 9.91. The van der Waals surface area contributed by atoms with Gasteiger partial charge in [-0.2, -0.15) is 0 Å². The van der Waals surface area contributed by atoms with E-state index in [1.807, 2.05) is 23.7 Å². The van der Waals surface area contributed by atoms with Crippen molar-refractivity contribution in [1.82, 2.24) is 4.98 Å². The Balaban J connectivity index is 1.22. The molecule has 0 fully saturated rings. The second-order valence-electron chi connectivity index (χ2n) is 11.2. The van der Waals surface area contributed by atoms with Crippen molar-refractivity contribution >= 4 is 80.9 Å². The van der Waals surface area contributed by atoms with Crippen LogP contribution in [0.3, 0.4) is 0 Å². The van der Waals surface area contributed by atoms with Crippen LogP contribution in [-0.2, 0) is 0 Å². The monoisotopic (exact) mass is 578 g/mol. The van der Waals surface area contributed by atoms with E-state index in [4.69, 9.17) is 0 Å². The quantitative estimate of drug-likeness (QED) is 0.193. The average molecular weight is 579 g/mol. The fourth-order valence-corrected chi connectivity index (χ4v) is 7.89. The van der Waals surface area contributed by atoms with Gasteiger partial charge >= 0.3 is 0 Å². The molecule has 0 saturated carbocycles. The first-order chi connectivity index (χ1) is 21.8. The number of pyridine rings is 1. The highest BCUT2D eigenvalue weighted by molar-refractivity contribution is 7.26. The van der Waals surface area contributed by atoms with Crippen LogP contribution in [0.15, 0.2) is 158 Å². The molecule has 0 aliphatic carbocycles. The molecule has 44 heavy (non-hydrogen) atoms. The van der Waals surface area contributed by atoms with Gasteiger partial charge in [0.2, 0.25) is 0 Å². The molecule has 2 nitrogen and oxygen atoms in total. The number of nitrogens with zero attached hydrogens (tertiary/aromatic N) is 2. The van der Waals surface area contributed by atoms with Crippen LogP contribution in [0.4, 0.5) is 17.1 Å². The Morgan fingerprint density at radius 1 is 0.500 bits per heavy atom. The molecular weight excluding hydrogens is 553 g/mol. The van der Waals surface area contributed by atoms with Crippen LogP contribution in [0, 0.1) is 0 Å². The molecular formula is C41H26N2S. The lowest BCUT2D eigenvalue weighted by Crippen LogP contribution is -2.09. The lowest BCUT2D eigenvalue weighted by molar-refractivity contribution is 1.30. The van der Waals surface area contributed by atoms with Crippen LogP contribution >= 0.6 is 11.3 Å². The first kappa shape index (κ1) is 25.0. The summed E-state index contributed by atoms with van der Waals surface area (Å²) >= 11 is 1.83. The van der Waals surface area contributed by atoms with Crippen molar-refractivity contribution in [3.63, 3.8) is 0 Å². The summed E-state index contributed by atoms with van der Waals surface area (Å²) in [5, 5.41) is 10.2. The van der Waals surface area contributed by atoms with Crippen molar-refractivity contribution in [3.8, 4) is 11.1 Å². The van der Waals surface area contributed by atoms with Crippen molar-refractivity contribution in [1.29, 1.82) is 0 Å². The molecule has 9 rings (SSSR count). The van der Waals surface area contributed by atoms with Gasteiger partial charge < -0.3 is 4.90 Å². The minimum Gasteiger partial charge on any atom is -0.309 e. The summed E-state index contributed by atoms with van der Waals surface area (Å²) in [6.45, 7) is 0. The second-order valence-corrected chi connectivity index (χ2v) is 12.3. The van der Waals surface area contributed by atoms with Crippen molar-refractivity contribution in [2.75, 3.05) is 4.90 Å². The molecule has 0 radical (unpaired) electrons. The second kappa shape index (κ2) is 10.0. The van der Waals surface area contributed by atoms with E-state index in [1.54, 1.807) is 0 Å². The first-order valence-electron chi connectivity index (χ1n) is 14.9. The summed E-state index contributed by atoms with van der Waals surface area (Å²) in [6, 6.07) is 52.8. The Morgan fingerprint density at radius 3 is 2.07 bits per heavy atom. The molecule has 0 unspecified atom stereocenters. The zero-order chi connectivity index (χ0) is 29.0. The minimum atomic E-state index is 1.12.